The van der Waals surface area contributed by atoms with Crippen molar-refractivity contribution in [1.29, 1.82) is 0 Å². The van der Waals surface area contributed by atoms with E-state index in [0.29, 0.717) is 28.7 Å². The molecule has 0 fully saturated rings. The molecule has 3 aromatic carbocycles. The third-order valence-corrected chi connectivity index (χ3v) is 6.19. The van der Waals surface area contributed by atoms with Crippen LogP contribution < -0.4 is 10.3 Å². The van der Waals surface area contributed by atoms with Crippen LogP contribution in [0.15, 0.2) is 69.0 Å². The molecule has 0 aliphatic carbocycles. The Morgan fingerprint density at radius 3 is 2.64 bits per heavy atom. The molecule has 36 heavy (non-hydrogen) atoms. The molecule has 1 aromatic heterocycles. The molecule has 0 saturated carbocycles. The number of hydrogen-bond donors (Lipinski definition) is 0. The van der Waals surface area contributed by atoms with Gasteiger partial charge in [0.05, 0.1) is 27.1 Å². The normalized spacial score (nSPS) is 11.3. The van der Waals surface area contributed by atoms with Gasteiger partial charge in [-0.3, -0.25) is 14.9 Å². The highest BCUT2D eigenvalue weighted by atomic mass is 79.9. The molecule has 0 unspecified atom stereocenters. The van der Waals surface area contributed by atoms with E-state index in [0.717, 1.165) is 22.0 Å². The maximum Gasteiger partial charge on any atom is 0.313 e. The lowest BCUT2D eigenvalue weighted by atomic mass is 10.1. The molecule has 0 atom stereocenters. The first kappa shape index (κ1) is 25.5. The van der Waals surface area contributed by atoms with Crippen molar-refractivity contribution in [2.45, 2.75) is 33.3 Å². The van der Waals surface area contributed by atoms with Gasteiger partial charge in [-0.15, -0.1) is 0 Å². The number of nitro groups is 1. The SMILES string of the molecule is CCCc1nc2ccc(Br)cc2c(=O)n1N=Cc1cc(Cl)c(OCc2ccc(C)cc2)c([N+](=O)[O-])c1. The first-order valence-corrected chi connectivity index (χ1v) is 12.4. The summed E-state index contributed by atoms with van der Waals surface area (Å²) in [5.74, 6) is 0.465. The Bertz CT molecular complexity index is 1530. The quantitative estimate of drug-likeness (QED) is 0.138. The number of nitrogens with zero attached hydrogens (tertiary/aromatic N) is 4. The van der Waals surface area contributed by atoms with Crippen LogP contribution in [0.2, 0.25) is 5.02 Å². The van der Waals surface area contributed by atoms with E-state index in [9.17, 15) is 14.9 Å². The minimum Gasteiger partial charge on any atom is -0.481 e. The molecule has 0 spiro atoms. The third-order valence-electron chi connectivity index (χ3n) is 5.42. The number of aryl methyl sites for hydroxylation is 2. The Labute approximate surface area is 220 Å². The first-order chi connectivity index (χ1) is 17.3. The second-order valence-electron chi connectivity index (χ2n) is 8.18. The Morgan fingerprint density at radius 2 is 1.94 bits per heavy atom. The lowest BCUT2D eigenvalue weighted by Crippen LogP contribution is -2.22. The second-order valence-corrected chi connectivity index (χ2v) is 9.51. The van der Waals surface area contributed by atoms with Crippen LogP contribution >= 0.6 is 27.5 Å². The molecule has 0 amide bonds. The number of ether oxygens (including phenoxy) is 1. The van der Waals surface area contributed by atoms with E-state index in [1.54, 1.807) is 12.1 Å². The van der Waals surface area contributed by atoms with E-state index in [2.05, 4.69) is 26.0 Å². The van der Waals surface area contributed by atoms with Gasteiger partial charge in [-0.2, -0.15) is 9.78 Å². The topological polar surface area (TPSA) is 99.6 Å². The monoisotopic (exact) mass is 568 g/mol. The predicted octanol–water partition coefficient (Wildman–Crippen LogP) is 6.44. The average Bonchev–Trinajstić information content (AvgIpc) is 2.84. The Kier molecular flexibility index (Phi) is 7.81. The molecule has 0 aliphatic rings. The van der Waals surface area contributed by atoms with E-state index < -0.39 is 4.92 Å². The highest BCUT2D eigenvalue weighted by molar-refractivity contribution is 9.10. The van der Waals surface area contributed by atoms with E-state index in [-0.39, 0.29) is 28.6 Å². The maximum absolute atomic E-state index is 13.2. The Morgan fingerprint density at radius 1 is 1.19 bits per heavy atom. The molecule has 10 heteroatoms. The zero-order valence-electron chi connectivity index (χ0n) is 19.6. The van der Waals surface area contributed by atoms with E-state index in [1.807, 2.05) is 44.2 Å². The highest BCUT2D eigenvalue weighted by Gasteiger charge is 2.21. The summed E-state index contributed by atoms with van der Waals surface area (Å²) in [4.78, 5) is 29.0. The molecule has 0 bridgehead atoms. The highest BCUT2D eigenvalue weighted by Crippen LogP contribution is 2.36. The maximum atomic E-state index is 13.2. The number of aromatic nitrogens is 2. The molecular formula is C26H22BrClN4O4. The fourth-order valence-electron chi connectivity index (χ4n) is 3.62. The van der Waals surface area contributed by atoms with Crippen molar-refractivity contribution in [3.63, 3.8) is 0 Å². The van der Waals surface area contributed by atoms with Crippen LogP contribution in [0.3, 0.4) is 0 Å². The number of nitro benzene ring substituents is 1. The molecule has 1 heterocycles. The minimum atomic E-state index is -0.558. The van der Waals surface area contributed by atoms with E-state index in [1.165, 1.54) is 23.0 Å². The summed E-state index contributed by atoms with van der Waals surface area (Å²) >= 11 is 9.76. The number of halogens is 2. The summed E-state index contributed by atoms with van der Waals surface area (Å²) in [6, 6.07) is 15.7. The van der Waals surface area contributed by atoms with Crippen LogP contribution in [0.5, 0.6) is 5.75 Å². The number of fused-ring (bicyclic) bond motifs is 1. The number of benzene rings is 3. The average molecular weight is 570 g/mol. The molecule has 184 valence electrons. The van der Waals surface area contributed by atoms with Gasteiger partial charge in [0, 0.05) is 22.5 Å². The van der Waals surface area contributed by atoms with Crippen molar-refractivity contribution in [1.82, 2.24) is 9.66 Å². The largest absolute Gasteiger partial charge is 0.481 e. The van der Waals surface area contributed by atoms with Crippen LogP contribution in [0.4, 0.5) is 5.69 Å². The molecule has 4 aromatic rings. The molecular weight excluding hydrogens is 548 g/mol. The van der Waals surface area contributed by atoms with E-state index >= 15 is 0 Å². The predicted molar refractivity (Wildman–Crippen MR) is 144 cm³/mol. The van der Waals surface area contributed by atoms with Crippen molar-refractivity contribution in [3.8, 4) is 5.75 Å². The first-order valence-electron chi connectivity index (χ1n) is 11.2. The van der Waals surface area contributed by atoms with Gasteiger partial charge in [-0.25, -0.2) is 4.98 Å². The van der Waals surface area contributed by atoms with Gasteiger partial charge in [0.15, 0.2) is 0 Å². The smallest absolute Gasteiger partial charge is 0.313 e. The molecule has 0 saturated heterocycles. The molecule has 8 nitrogen and oxygen atoms in total. The van der Waals surface area contributed by atoms with Crippen molar-refractivity contribution in [3.05, 3.63) is 107 Å². The van der Waals surface area contributed by atoms with Gasteiger partial charge < -0.3 is 4.74 Å². The fourth-order valence-corrected chi connectivity index (χ4v) is 4.25. The van der Waals surface area contributed by atoms with Gasteiger partial charge in [0.25, 0.3) is 5.56 Å². The standard InChI is InChI=1S/C26H22BrClN4O4/c1-3-4-24-30-22-10-9-19(27)13-20(22)26(33)31(24)29-14-18-11-21(28)25(23(12-18)32(34)35)36-15-17-7-5-16(2)6-8-17/h5-14H,3-4,15H2,1-2H3. The summed E-state index contributed by atoms with van der Waals surface area (Å²) < 4.78 is 7.68. The van der Waals surface area contributed by atoms with Gasteiger partial charge >= 0.3 is 5.69 Å². The molecule has 4 rings (SSSR count). The summed E-state index contributed by atoms with van der Waals surface area (Å²) in [7, 11) is 0. The minimum absolute atomic E-state index is 0.0274. The van der Waals surface area contributed by atoms with Crippen molar-refractivity contribution < 1.29 is 9.66 Å². The van der Waals surface area contributed by atoms with E-state index in [4.69, 9.17) is 16.3 Å². The summed E-state index contributed by atoms with van der Waals surface area (Å²) in [5.41, 5.74) is 2.25. The van der Waals surface area contributed by atoms with Crippen LogP contribution in [0.25, 0.3) is 10.9 Å². The number of rotatable bonds is 8. The van der Waals surface area contributed by atoms with Crippen LogP contribution in [0, 0.1) is 17.0 Å². The van der Waals surface area contributed by atoms with Crippen LogP contribution in [-0.2, 0) is 13.0 Å². The van der Waals surface area contributed by atoms with Gasteiger partial charge in [0.2, 0.25) is 5.75 Å². The van der Waals surface area contributed by atoms with Crippen molar-refractivity contribution >= 4 is 50.3 Å². The Hall–Kier alpha value is -3.56. The third kappa shape index (κ3) is 5.63. The number of hydrogen-bond acceptors (Lipinski definition) is 6. The molecule has 0 radical (unpaired) electrons. The van der Waals surface area contributed by atoms with Crippen molar-refractivity contribution in [2.75, 3.05) is 0 Å². The van der Waals surface area contributed by atoms with Gasteiger partial charge in [0.1, 0.15) is 12.4 Å². The fraction of sp³-hybridized carbons (Fsp3) is 0.192. The zero-order chi connectivity index (χ0) is 25.8. The van der Waals surface area contributed by atoms with Crippen molar-refractivity contribution in [2.24, 2.45) is 5.10 Å². The lowest BCUT2D eigenvalue weighted by Gasteiger charge is -2.10. The van der Waals surface area contributed by atoms with Crippen LogP contribution in [-0.4, -0.2) is 20.8 Å². The second kappa shape index (κ2) is 11.0. The Balaban J connectivity index is 1.70. The zero-order valence-corrected chi connectivity index (χ0v) is 21.9. The van der Waals surface area contributed by atoms with Crippen LogP contribution in [0.1, 0.15) is 35.9 Å². The summed E-state index contributed by atoms with van der Waals surface area (Å²) in [5, 5.41) is 16.6. The van der Waals surface area contributed by atoms with Gasteiger partial charge in [-0.05, 0) is 43.2 Å². The summed E-state index contributed by atoms with van der Waals surface area (Å²) in [6.07, 6.45) is 2.65. The lowest BCUT2D eigenvalue weighted by molar-refractivity contribution is -0.385. The molecule has 0 N–H and O–H groups in total. The molecule has 0 aliphatic heterocycles. The van der Waals surface area contributed by atoms with Gasteiger partial charge in [-0.1, -0.05) is 64.3 Å². The summed E-state index contributed by atoms with van der Waals surface area (Å²) in [6.45, 7) is 4.08.